The minimum atomic E-state index is -0.224. The van der Waals surface area contributed by atoms with Crippen LogP contribution in [0.15, 0.2) is 0 Å². The normalized spacial score (nSPS) is 24.9. The number of hydrogen-bond donors (Lipinski definition) is 2. The Morgan fingerprint density at radius 3 is 2.54 bits per heavy atom. The molecule has 0 aromatic heterocycles. The van der Waals surface area contributed by atoms with Crippen LogP contribution in [0.3, 0.4) is 0 Å². The number of aliphatic hydroxyl groups is 1. The number of nitrogens with one attached hydrogen (secondary N) is 1. The van der Waals surface area contributed by atoms with Crippen molar-refractivity contribution in [1.82, 2.24) is 5.32 Å². The quantitative estimate of drug-likeness (QED) is 0.710. The summed E-state index contributed by atoms with van der Waals surface area (Å²) in [5.41, 5.74) is 0.0419. The second-order valence-corrected chi connectivity index (χ2v) is 5.37. The maximum atomic E-state index is 9.63. The summed E-state index contributed by atoms with van der Waals surface area (Å²) in [5, 5.41) is 13.1. The van der Waals surface area contributed by atoms with Gasteiger partial charge in [-0.3, -0.25) is 0 Å². The molecule has 2 N–H and O–H groups in total. The highest BCUT2D eigenvalue weighted by Gasteiger charge is 2.29. The number of hydrogen-bond acceptors (Lipinski definition) is 3. The van der Waals surface area contributed by atoms with Gasteiger partial charge in [-0.15, -0.1) is 0 Å². The molecule has 1 heterocycles. The van der Waals surface area contributed by atoms with Gasteiger partial charge in [-0.25, -0.2) is 0 Å². The zero-order valence-electron chi connectivity index (χ0n) is 8.84. The molecule has 1 rings (SSSR count). The van der Waals surface area contributed by atoms with Gasteiger partial charge < -0.3 is 10.4 Å². The topological polar surface area (TPSA) is 32.3 Å². The second kappa shape index (κ2) is 4.67. The molecule has 0 aromatic carbocycles. The van der Waals surface area contributed by atoms with Gasteiger partial charge in [-0.05, 0) is 13.3 Å². The third-order valence-corrected chi connectivity index (χ3v) is 4.53. The summed E-state index contributed by atoms with van der Waals surface area (Å²) >= 11 is 1.99. The molecule has 1 aliphatic rings. The average molecular weight is 203 g/mol. The summed E-state index contributed by atoms with van der Waals surface area (Å²) in [4.78, 5) is 0. The van der Waals surface area contributed by atoms with E-state index in [2.05, 4.69) is 19.2 Å². The zero-order chi connectivity index (χ0) is 9.90. The first-order valence-corrected chi connectivity index (χ1v) is 6.23. The molecular weight excluding hydrogens is 182 g/mol. The minimum Gasteiger partial charge on any atom is -0.393 e. The Labute approximate surface area is 85.5 Å². The van der Waals surface area contributed by atoms with Crippen molar-refractivity contribution in [3.8, 4) is 0 Å². The van der Waals surface area contributed by atoms with Gasteiger partial charge >= 0.3 is 0 Å². The lowest BCUT2D eigenvalue weighted by Crippen LogP contribution is -2.48. The molecular formula is C10H21NOS. The Balaban J connectivity index is 2.29. The summed E-state index contributed by atoms with van der Waals surface area (Å²) in [7, 11) is 0. The van der Waals surface area contributed by atoms with Gasteiger partial charge in [0, 0.05) is 29.5 Å². The molecule has 2 unspecified atom stereocenters. The highest BCUT2D eigenvalue weighted by molar-refractivity contribution is 8.00. The van der Waals surface area contributed by atoms with E-state index >= 15 is 0 Å². The van der Waals surface area contributed by atoms with Gasteiger partial charge in [0.15, 0.2) is 0 Å². The molecule has 2 atom stereocenters. The van der Waals surface area contributed by atoms with E-state index in [1.165, 1.54) is 11.5 Å². The van der Waals surface area contributed by atoms with E-state index in [-0.39, 0.29) is 11.5 Å². The maximum Gasteiger partial charge on any atom is 0.0577 e. The molecule has 0 saturated carbocycles. The summed E-state index contributed by atoms with van der Waals surface area (Å²) in [5.74, 6) is 2.47. The molecule has 1 saturated heterocycles. The Kier molecular flexibility index (Phi) is 4.07. The van der Waals surface area contributed by atoms with E-state index in [0.717, 1.165) is 13.0 Å². The molecule has 0 bridgehead atoms. The van der Waals surface area contributed by atoms with Crippen LogP contribution in [0.4, 0.5) is 0 Å². The molecule has 0 spiro atoms. The Bertz CT molecular complexity index is 159. The molecule has 0 aliphatic carbocycles. The summed E-state index contributed by atoms with van der Waals surface area (Å²) in [6.45, 7) is 7.12. The molecule has 1 fully saturated rings. The SMILES string of the molecule is CCC(C)(CNC1CSC1)C(C)O. The smallest absolute Gasteiger partial charge is 0.0577 e. The van der Waals surface area contributed by atoms with Gasteiger partial charge in [0.05, 0.1) is 6.10 Å². The predicted octanol–water partition coefficient (Wildman–Crippen LogP) is 1.49. The lowest BCUT2D eigenvalue weighted by molar-refractivity contribution is 0.0477. The standard InChI is InChI=1S/C10H21NOS/c1-4-10(3,8(2)12)7-11-9-5-13-6-9/h8-9,11-12H,4-7H2,1-3H3. The summed E-state index contributed by atoms with van der Waals surface area (Å²) in [6.07, 6.45) is 0.801. The van der Waals surface area contributed by atoms with Crippen molar-refractivity contribution in [2.75, 3.05) is 18.1 Å². The van der Waals surface area contributed by atoms with E-state index in [4.69, 9.17) is 0 Å². The van der Waals surface area contributed by atoms with Crippen molar-refractivity contribution in [2.24, 2.45) is 5.41 Å². The molecule has 78 valence electrons. The van der Waals surface area contributed by atoms with Gasteiger partial charge in [-0.2, -0.15) is 11.8 Å². The number of thioether (sulfide) groups is 1. The fourth-order valence-corrected chi connectivity index (χ4v) is 2.01. The molecule has 1 aliphatic heterocycles. The number of rotatable bonds is 5. The van der Waals surface area contributed by atoms with Crippen LogP contribution in [0.25, 0.3) is 0 Å². The van der Waals surface area contributed by atoms with Crippen molar-refractivity contribution in [2.45, 2.75) is 39.3 Å². The first-order valence-electron chi connectivity index (χ1n) is 5.07. The van der Waals surface area contributed by atoms with Crippen molar-refractivity contribution in [3.05, 3.63) is 0 Å². The highest BCUT2D eigenvalue weighted by Crippen LogP contribution is 2.26. The van der Waals surface area contributed by atoms with E-state index in [1.807, 2.05) is 18.7 Å². The summed E-state index contributed by atoms with van der Waals surface area (Å²) < 4.78 is 0. The van der Waals surface area contributed by atoms with Crippen LogP contribution in [0.2, 0.25) is 0 Å². The third-order valence-electron chi connectivity index (χ3n) is 3.25. The van der Waals surface area contributed by atoms with E-state index < -0.39 is 0 Å². The van der Waals surface area contributed by atoms with Crippen LogP contribution in [-0.2, 0) is 0 Å². The predicted molar refractivity (Wildman–Crippen MR) is 59.2 cm³/mol. The van der Waals surface area contributed by atoms with Gasteiger partial charge in [0.1, 0.15) is 0 Å². The van der Waals surface area contributed by atoms with Crippen LogP contribution in [0.1, 0.15) is 27.2 Å². The van der Waals surface area contributed by atoms with Crippen molar-refractivity contribution >= 4 is 11.8 Å². The molecule has 0 radical (unpaired) electrons. The zero-order valence-corrected chi connectivity index (χ0v) is 9.66. The van der Waals surface area contributed by atoms with Crippen LogP contribution >= 0.6 is 11.8 Å². The monoisotopic (exact) mass is 203 g/mol. The van der Waals surface area contributed by atoms with Crippen molar-refractivity contribution in [3.63, 3.8) is 0 Å². The second-order valence-electron chi connectivity index (χ2n) is 4.30. The first-order chi connectivity index (χ1) is 6.08. The molecule has 0 aromatic rings. The van der Waals surface area contributed by atoms with Crippen molar-refractivity contribution < 1.29 is 5.11 Å². The average Bonchev–Trinajstić information content (AvgIpc) is 2.01. The number of aliphatic hydroxyl groups excluding tert-OH is 1. The molecule has 3 heteroatoms. The van der Waals surface area contributed by atoms with Gasteiger partial charge in [0.25, 0.3) is 0 Å². The van der Waals surface area contributed by atoms with E-state index in [0.29, 0.717) is 6.04 Å². The Hall–Kier alpha value is 0.270. The van der Waals surface area contributed by atoms with Crippen LogP contribution in [0.5, 0.6) is 0 Å². The molecule has 13 heavy (non-hydrogen) atoms. The third kappa shape index (κ3) is 2.86. The van der Waals surface area contributed by atoms with Crippen LogP contribution in [0, 0.1) is 5.41 Å². The highest BCUT2D eigenvalue weighted by atomic mass is 32.2. The summed E-state index contributed by atoms with van der Waals surface area (Å²) in [6, 6.07) is 0.689. The fraction of sp³-hybridized carbons (Fsp3) is 1.00. The van der Waals surface area contributed by atoms with E-state index in [9.17, 15) is 5.11 Å². The molecule has 0 amide bonds. The van der Waals surface area contributed by atoms with E-state index in [1.54, 1.807) is 0 Å². The minimum absolute atomic E-state index is 0.0419. The van der Waals surface area contributed by atoms with Crippen LogP contribution < -0.4 is 5.32 Å². The first kappa shape index (κ1) is 11.3. The van der Waals surface area contributed by atoms with Gasteiger partial charge in [-0.1, -0.05) is 13.8 Å². The van der Waals surface area contributed by atoms with Gasteiger partial charge in [0.2, 0.25) is 0 Å². The van der Waals surface area contributed by atoms with Crippen LogP contribution in [-0.4, -0.2) is 35.3 Å². The largest absolute Gasteiger partial charge is 0.393 e. The Morgan fingerprint density at radius 1 is 1.62 bits per heavy atom. The Morgan fingerprint density at radius 2 is 2.23 bits per heavy atom. The maximum absolute atomic E-state index is 9.63. The lowest BCUT2D eigenvalue weighted by Gasteiger charge is -2.35. The molecule has 2 nitrogen and oxygen atoms in total. The fourth-order valence-electron chi connectivity index (χ4n) is 1.30. The van der Waals surface area contributed by atoms with Crippen molar-refractivity contribution in [1.29, 1.82) is 0 Å². The lowest BCUT2D eigenvalue weighted by atomic mass is 9.82.